The molecule has 3 nitrogen and oxygen atoms in total. The van der Waals surface area contributed by atoms with Crippen LogP contribution in [0.5, 0.6) is 0 Å². The van der Waals surface area contributed by atoms with Gasteiger partial charge in [-0.05, 0) is 55.5 Å². The molecule has 0 bridgehead atoms. The predicted molar refractivity (Wildman–Crippen MR) is 69.3 cm³/mol. The molecule has 1 atom stereocenters. The molecule has 1 aliphatic rings. The van der Waals surface area contributed by atoms with Crippen LogP contribution in [0.1, 0.15) is 18.4 Å². The molecule has 1 aromatic heterocycles. The number of hydrogen-bond acceptors (Lipinski definition) is 2. The van der Waals surface area contributed by atoms with Crippen LogP contribution in [0.4, 0.5) is 4.39 Å². The van der Waals surface area contributed by atoms with Gasteiger partial charge in [0, 0.05) is 11.6 Å². The quantitative estimate of drug-likeness (QED) is 0.850. The van der Waals surface area contributed by atoms with Crippen molar-refractivity contribution in [2.24, 2.45) is 0 Å². The summed E-state index contributed by atoms with van der Waals surface area (Å²) in [4.78, 5) is 14.7. The molecule has 2 aromatic rings. The Morgan fingerprint density at radius 3 is 3.00 bits per heavy atom. The van der Waals surface area contributed by atoms with E-state index in [1.165, 1.54) is 18.6 Å². The van der Waals surface area contributed by atoms with Crippen molar-refractivity contribution in [3.63, 3.8) is 0 Å². The molecule has 4 heteroatoms. The van der Waals surface area contributed by atoms with E-state index in [-0.39, 0.29) is 11.4 Å². The van der Waals surface area contributed by atoms with E-state index < -0.39 is 0 Å². The number of rotatable bonds is 2. The van der Waals surface area contributed by atoms with Gasteiger partial charge in [-0.15, -0.1) is 0 Å². The SMILES string of the molecule is O=c1[nH]c2cc(F)ccc2cc1CC1CCCN1. The van der Waals surface area contributed by atoms with Gasteiger partial charge >= 0.3 is 0 Å². The van der Waals surface area contributed by atoms with Crippen LogP contribution in [0.15, 0.2) is 29.1 Å². The average Bonchev–Trinajstić information content (AvgIpc) is 2.83. The van der Waals surface area contributed by atoms with Crippen LogP contribution in [0, 0.1) is 5.82 Å². The summed E-state index contributed by atoms with van der Waals surface area (Å²) >= 11 is 0. The molecular weight excluding hydrogens is 231 g/mol. The van der Waals surface area contributed by atoms with Gasteiger partial charge in [-0.1, -0.05) is 0 Å². The summed E-state index contributed by atoms with van der Waals surface area (Å²) in [6.07, 6.45) is 3.02. The van der Waals surface area contributed by atoms with Crippen LogP contribution in [-0.4, -0.2) is 17.6 Å². The van der Waals surface area contributed by atoms with Gasteiger partial charge in [0.25, 0.3) is 5.56 Å². The molecule has 1 unspecified atom stereocenters. The third kappa shape index (κ3) is 2.16. The second-order valence-electron chi connectivity index (χ2n) is 4.85. The fraction of sp³-hybridized carbons (Fsp3) is 0.357. The van der Waals surface area contributed by atoms with E-state index in [1.807, 2.05) is 6.07 Å². The second-order valence-corrected chi connectivity index (χ2v) is 4.85. The number of halogens is 1. The van der Waals surface area contributed by atoms with Gasteiger partial charge < -0.3 is 10.3 Å². The minimum Gasteiger partial charge on any atom is -0.322 e. The lowest BCUT2D eigenvalue weighted by Crippen LogP contribution is -2.27. The molecular formula is C14H15FN2O. The van der Waals surface area contributed by atoms with Crippen LogP contribution in [0.25, 0.3) is 10.9 Å². The fourth-order valence-electron chi connectivity index (χ4n) is 2.57. The van der Waals surface area contributed by atoms with E-state index in [2.05, 4.69) is 10.3 Å². The highest BCUT2D eigenvalue weighted by Gasteiger charge is 2.16. The zero-order valence-corrected chi connectivity index (χ0v) is 10.0. The first-order chi connectivity index (χ1) is 8.72. The summed E-state index contributed by atoms with van der Waals surface area (Å²) in [6.45, 7) is 1.03. The van der Waals surface area contributed by atoms with Gasteiger partial charge in [0.05, 0.1) is 5.52 Å². The zero-order valence-electron chi connectivity index (χ0n) is 10.0. The van der Waals surface area contributed by atoms with Crippen molar-refractivity contribution < 1.29 is 4.39 Å². The van der Waals surface area contributed by atoms with Crippen molar-refractivity contribution in [2.75, 3.05) is 6.54 Å². The third-order valence-electron chi connectivity index (χ3n) is 3.51. The molecule has 18 heavy (non-hydrogen) atoms. The topological polar surface area (TPSA) is 44.9 Å². The van der Waals surface area contributed by atoms with Gasteiger partial charge in [0.15, 0.2) is 0 Å². The van der Waals surface area contributed by atoms with E-state index in [9.17, 15) is 9.18 Å². The molecule has 3 rings (SSSR count). The summed E-state index contributed by atoms with van der Waals surface area (Å²) in [5, 5.41) is 4.26. The predicted octanol–water partition coefficient (Wildman–Crippen LogP) is 1.96. The summed E-state index contributed by atoms with van der Waals surface area (Å²) in [5.41, 5.74) is 1.22. The Hall–Kier alpha value is -1.68. The van der Waals surface area contributed by atoms with Crippen molar-refractivity contribution in [1.29, 1.82) is 0 Å². The number of fused-ring (bicyclic) bond motifs is 1. The minimum absolute atomic E-state index is 0.109. The largest absolute Gasteiger partial charge is 0.322 e. The number of nitrogens with one attached hydrogen (secondary N) is 2. The lowest BCUT2D eigenvalue weighted by molar-refractivity contribution is 0.600. The van der Waals surface area contributed by atoms with E-state index in [0.717, 1.165) is 30.3 Å². The number of benzene rings is 1. The molecule has 0 amide bonds. The Bertz CT molecular complexity index is 629. The first kappa shape index (κ1) is 11.4. The molecule has 2 N–H and O–H groups in total. The first-order valence-electron chi connectivity index (χ1n) is 6.27. The number of H-pyrrole nitrogens is 1. The molecule has 0 spiro atoms. The van der Waals surface area contributed by atoms with Crippen LogP contribution < -0.4 is 10.9 Å². The summed E-state index contributed by atoms with van der Waals surface area (Å²) in [6, 6.07) is 6.73. The molecule has 1 aliphatic heterocycles. The van der Waals surface area contributed by atoms with Crippen molar-refractivity contribution in [1.82, 2.24) is 10.3 Å². The van der Waals surface area contributed by atoms with E-state index >= 15 is 0 Å². The molecule has 94 valence electrons. The molecule has 0 aliphatic carbocycles. The van der Waals surface area contributed by atoms with Crippen molar-refractivity contribution in [3.05, 3.63) is 46.0 Å². The van der Waals surface area contributed by atoms with Gasteiger partial charge in [0.1, 0.15) is 5.82 Å². The molecule has 2 heterocycles. The first-order valence-corrected chi connectivity index (χ1v) is 6.27. The van der Waals surface area contributed by atoms with Crippen molar-refractivity contribution in [3.8, 4) is 0 Å². The highest BCUT2D eigenvalue weighted by Crippen LogP contribution is 2.15. The van der Waals surface area contributed by atoms with Gasteiger partial charge in [-0.2, -0.15) is 0 Å². The van der Waals surface area contributed by atoms with Crippen molar-refractivity contribution >= 4 is 10.9 Å². The minimum atomic E-state index is -0.330. The Morgan fingerprint density at radius 1 is 1.33 bits per heavy atom. The Balaban J connectivity index is 1.99. The average molecular weight is 246 g/mol. The monoisotopic (exact) mass is 246 g/mol. The second kappa shape index (κ2) is 4.53. The van der Waals surface area contributed by atoms with Gasteiger partial charge in [0.2, 0.25) is 0 Å². The van der Waals surface area contributed by atoms with Gasteiger partial charge in [-0.25, -0.2) is 4.39 Å². The Morgan fingerprint density at radius 2 is 2.22 bits per heavy atom. The number of hydrogen-bond donors (Lipinski definition) is 2. The van der Waals surface area contributed by atoms with Crippen LogP contribution in [0.2, 0.25) is 0 Å². The lowest BCUT2D eigenvalue weighted by atomic mass is 10.0. The number of pyridine rings is 1. The zero-order chi connectivity index (χ0) is 12.5. The smallest absolute Gasteiger partial charge is 0.251 e. The lowest BCUT2D eigenvalue weighted by Gasteiger charge is -2.10. The van der Waals surface area contributed by atoms with E-state index in [4.69, 9.17) is 0 Å². The number of aromatic amines is 1. The van der Waals surface area contributed by atoms with Crippen LogP contribution >= 0.6 is 0 Å². The highest BCUT2D eigenvalue weighted by molar-refractivity contribution is 5.78. The maximum absolute atomic E-state index is 13.1. The molecule has 0 radical (unpaired) electrons. The summed E-state index contributed by atoms with van der Waals surface area (Å²) in [5.74, 6) is -0.330. The van der Waals surface area contributed by atoms with Gasteiger partial charge in [-0.3, -0.25) is 4.79 Å². The Labute approximate surface area is 104 Å². The molecule has 1 saturated heterocycles. The van der Waals surface area contributed by atoms with Crippen LogP contribution in [0.3, 0.4) is 0 Å². The Kier molecular flexibility index (Phi) is 2.88. The highest BCUT2D eigenvalue weighted by atomic mass is 19.1. The summed E-state index contributed by atoms with van der Waals surface area (Å²) in [7, 11) is 0. The standard InChI is InChI=1S/C14H15FN2O/c15-11-4-3-9-6-10(7-12-2-1-5-16-12)14(18)17-13(9)8-11/h3-4,6,8,12,16H,1-2,5,7H2,(H,17,18). The van der Waals surface area contributed by atoms with Crippen LogP contribution in [-0.2, 0) is 6.42 Å². The maximum atomic E-state index is 13.1. The number of aromatic nitrogens is 1. The third-order valence-corrected chi connectivity index (χ3v) is 3.51. The molecule has 1 aromatic carbocycles. The van der Waals surface area contributed by atoms with Crippen molar-refractivity contribution in [2.45, 2.75) is 25.3 Å². The molecule has 1 fully saturated rings. The van der Waals surface area contributed by atoms with E-state index in [0.29, 0.717) is 11.6 Å². The van der Waals surface area contributed by atoms with E-state index in [1.54, 1.807) is 6.07 Å². The fourth-order valence-corrected chi connectivity index (χ4v) is 2.57. The summed E-state index contributed by atoms with van der Waals surface area (Å²) < 4.78 is 13.1. The normalized spacial score (nSPS) is 19.5. The molecule has 0 saturated carbocycles. The maximum Gasteiger partial charge on any atom is 0.251 e.